The number of aliphatic hydroxyl groups excluding tert-OH is 2. The number of methoxy groups -OCH3 is 2. The Morgan fingerprint density at radius 1 is 0.931 bits per heavy atom. The van der Waals surface area contributed by atoms with Crippen LogP contribution in [-0.4, -0.2) is 169 Å². The number of likely N-dealkylation sites (N-methyl/N-ethyl adjacent to an activating group) is 1. The Morgan fingerprint density at radius 2 is 1.59 bits per heavy atom. The first-order valence-corrected chi connectivity index (χ1v) is 20.6. The lowest BCUT2D eigenvalue weighted by atomic mass is 9.74. The molecule has 0 saturated carbocycles. The summed E-state index contributed by atoms with van der Waals surface area (Å²) in [5.74, 6) is -5.16. The standard InChI is InChI=1S/C41H74N2O15/c1-15-29-41(10,49)34(45)24(4)31(42-53-21-52-17-16-50-13)22(2)19-39(8,48)36(58-38-32(44)28(43(11)12)18-23(3)54-38)25(5)33(26(6)37(47)56-29)57-30-20-40(9,51-14)35(46)27(7)55-30/h22-30,32-33,35-36,38,44,46,48-49H,15-21H2,1-14H3/b42-31+/t22-,23-,24+,25+,26-,27+,28+,29-,30+,32-,33+,35+,36-,38+,39-,40-,41-/m1/s1. The minimum atomic E-state index is -2.16. The molecule has 3 aliphatic heterocycles. The highest BCUT2D eigenvalue weighted by Crippen LogP contribution is 2.40. The molecule has 3 rings (SSSR count). The van der Waals surface area contributed by atoms with E-state index in [1.165, 1.54) is 21.1 Å². The highest BCUT2D eigenvalue weighted by molar-refractivity contribution is 6.08. The van der Waals surface area contributed by atoms with Crippen LogP contribution in [0.15, 0.2) is 5.16 Å². The van der Waals surface area contributed by atoms with Crippen molar-refractivity contribution < 1.29 is 72.7 Å². The summed E-state index contributed by atoms with van der Waals surface area (Å²) < 4.78 is 48.0. The van der Waals surface area contributed by atoms with Gasteiger partial charge in [0.15, 0.2) is 24.0 Å². The number of hydrogen-bond acceptors (Lipinski definition) is 17. The van der Waals surface area contributed by atoms with E-state index >= 15 is 0 Å². The van der Waals surface area contributed by atoms with Crippen LogP contribution in [0.4, 0.5) is 0 Å². The number of aliphatic hydroxyl groups is 4. The van der Waals surface area contributed by atoms with Crippen LogP contribution in [0.5, 0.6) is 0 Å². The summed E-state index contributed by atoms with van der Waals surface area (Å²) >= 11 is 0. The molecule has 4 N–H and O–H groups in total. The normalized spacial score (nSPS) is 44.6. The van der Waals surface area contributed by atoms with Gasteiger partial charge in [-0.25, -0.2) is 0 Å². The molecule has 0 aliphatic carbocycles. The lowest BCUT2D eigenvalue weighted by molar-refractivity contribution is -0.317. The van der Waals surface area contributed by atoms with Gasteiger partial charge in [0.25, 0.3) is 0 Å². The Kier molecular flexibility index (Phi) is 18.5. The molecule has 0 aromatic heterocycles. The zero-order chi connectivity index (χ0) is 43.9. The first-order valence-electron chi connectivity index (χ1n) is 20.6. The molecular weight excluding hydrogens is 760 g/mol. The van der Waals surface area contributed by atoms with Gasteiger partial charge in [0, 0.05) is 38.5 Å². The number of cyclic esters (lactones) is 1. The number of ether oxygens (including phenoxy) is 8. The maximum Gasteiger partial charge on any atom is 0.311 e. The third-order valence-corrected chi connectivity index (χ3v) is 12.4. The van der Waals surface area contributed by atoms with Crippen molar-refractivity contribution >= 4 is 17.5 Å². The lowest BCUT2D eigenvalue weighted by Gasteiger charge is -2.49. The number of ketones is 1. The van der Waals surface area contributed by atoms with Crippen molar-refractivity contribution in [2.24, 2.45) is 28.8 Å². The first kappa shape index (κ1) is 50.5. The quantitative estimate of drug-likeness (QED) is 0.0908. The molecule has 3 saturated heterocycles. The number of esters is 1. The van der Waals surface area contributed by atoms with E-state index < -0.39 is 101 Å². The second-order valence-corrected chi connectivity index (χ2v) is 17.5. The molecule has 17 atom stereocenters. The zero-order valence-corrected chi connectivity index (χ0v) is 37.2. The predicted octanol–water partition coefficient (Wildman–Crippen LogP) is 2.42. The van der Waals surface area contributed by atoms with Crippen molar-refractivity contribution in [2.45, 2.75) is 173 Å². The fourth-order valence-electron chi connectivity index (χ4n) is 8.76. The van der Waals surface area contributed by atoms with Crippen molar-refractivity contribution in [3.8, 4) is 0 Å². The minimum Gasteiger partial charge on any atom is -0.459 e. The van der Waals surface area contributed by atoms with Crippen LogP contribution in [0.1, 0.15) is 94.9 Å². The lowest BCUT2D eigenvalue weighted by Crippen LogP contribution is -2.61. The fraction of sp³-hybridized carbons (Fsp3) is 0.927. The molecule has 0 bridgehead atoms. The minimum absolute atomic E-state index is 0.0718. The Bertz CT molecular complexity index is 1350. The van der Waals surface area contributed by atoms with Crippen LogP contribution in [0.2, 0.25) is 0 Å². The van der Waals surface area contributed by atoms with E-state index in [9.17, 15) is 30.0 Å². The molecule has 17 nitrogen and oxygen atoms in total. The van der Waals surface area contributed by atoms with Gasteiger partial charge in [-0.2, -0.15) is 0 Å². The van der Waals surface area contributed by atoms with E-state index in [4.69, 9.17) is 42.7 Å². The van der Waals surface area contributed by atoms with Gasteiger partial charge in [-0.3, -0.25) is 9.59 Å². The van der Waals surface area contributed by atoms with Gasteiger partial charge in [-0.15, -0.1) is 0 Å². The Labute approximate surface area is 344 Å². The van der Waals surface area contributed by atoms with E-state index in [2.05, 4.69) is 5.16 Å². The number of hydrogen-bond donors (Lipinski definition) is 4. The average Bonchev–Trinajstić information content (AvgIpc) is 3.15. The van der Waals surface area contributed by atoms with Gasteiger partial charge in [0.05, 0.1) is 66.4 Å². The first-order chi connectivity index (χ1) is 27.0. The summed E-state index contributed by atoms with van der Waals surface area (Å²) in [5, 5.41) is 51.5. The molecule has 3 fully saturated rings. The Morgan fingerprint density at radius 3 is 2.17 bits per heavy atom. The van der Waals surface area contributed by atoms with E-state index in [1.54, 1.807) is 55.4 Å². The third-order valence-electron chi connectivity index (χ3n) is 12.4. The van der Waals surface area contributed by atoms with E-state index in [-0.39, 0.29) is 50.5 Å². The SMILES string of the molecule is CC[C@H]1OC(=O)[C@H](C)[C@@H](O[C@H]2C[C@@](C)(OC)[C@@H](O)[C@H](C)O2)[C@H](C)[C@@H](O[C@@H]2O[C@H](C)C[C@H](N(C)C)[C@H]2O)[C@](C)(O)C[C@@H](C)/C(=N\OCOCCOC)[C@H](C)C(=O)[C@]1(C)O. The topological polar surface area (TPSA) is 214 Å². The highest BCUT2D eigenvalue weighted by Gasteiger charge is 2.53. The smallest absolute Gasteiger partial charge is 0.311 e. The van der Waals surface area contributed by atoms with Gasteiger partial charge in [-0.05, 0) is 81.8 Å². The van der Waals surface area contributed by atoms with Crippen LogP contribution in [0.25, 0.3) is 0 Å². The van der Waals surface area contributed by atoms with Crippen molar-refractivity contribution in [3.63, 3.8) is 0 Å². The van der Waals surface area contributed by atoms with Crippen LogP contribution >= 0.6 is 0 Å². The molecule has 3 heterocycles. The number of rotatable bonds is 13. The highest BCUT2D eigenvalue weighted by atomic mass is 16.7. The van der Waals surface area contributed by atoms with E-state index in [0.29, 0.717) is 13.0 Å². The molecule has 0 amide bonds. The largest absolute Gasteiger partial charge is 0.459 e. The molecule has 338 valence electrons. The molecule has 0 aromatic carbocycles. The molecule has 58 heavy (non-hydrogen) atoms. The fourth-order valence-corrected chi connectivity index (χ4v) is 8.76. The summed E-state index contributed by atoms with van der Waals surface area (Å²) in [6.07, 6.45) is -8.31. The number of oxime groups is 1. The van der Waals surface area contributed by atoms with Gasteiger partial charge >= 0.3 is 5.97 Å². The summed E-state index contributed by atoms with van der Waals surface area (Å²) in [6, 6.07) is -0.338. The molecule has 17 heteroatoms. The van der Waals surface area contributed by atoms with Crippen molar-refractivity contribution in [3.05, 3.63) is 0 Å². The molecule has 0 unspecified atom stereocenters. The second-order valence-electron chi connectivity index (χ2n) is 17.5. The molecule has 3 aliphatic rings. The van der Waals surface area contributed by atoms with E-state index in [1.807, 2.05) is 25.9 Å². The summed E-state index contributed by atoms with van der Waals surface area (Å²) in [4.78, 5) is 36.0. The zero-order valence-electron chi connectivity index (χ0n) is 37.2. The maximum absolute atomic E-state index is 14.3. The van der Waals surface area contributed by atoms with Gasteiger partial charge in [0.2, 0.25) is 6.79 Å². The summed E-state index contributed by atoms with van der Waals surface area (Å²) in [6.45, 7) is 16.9. The maximum atomic E-state index is 14.3. The average molecular weight is 835 g/mol. The monoisotopic (exact) mass is 835 g/mol. The van der Waals surface area contributed by atoms with Gasteiger partial charge < -0.3 is 68.1 Å². The predicted molar refractivity (Wildman–Crippen MR) is 211 cm³/mol. The van der Waals surface area contributed by atoms with Crippen molar-refractivity contribution in [1.82, 2.24) is 4.90 Å². The third kappa shape index (κ3) is 11.9. The Balaban J connectivity index is 2.22. The summed E-state index contributed by atoms with van der Waals surface area (Å²) in [7, 11) is 6.73. The number of carbonyl (C=O) groups excluding carboxylic acids is 2. The van der Waals surface area contributed by atoms with Gasteiger partial charge in [-0.1, -0.05) is 25.9 Å². The molecule has 0 radical (unpaired) electrons. The van der Waals surface area contributed by atoms with Crippen LogP contribution < -0.4 is 0 Å². The van der Waals surface area contributed by atoms with Gasteiger partial charge in [0.1, 0.15) is 18.3 Å². The number of nitrogens with zero attached hydrogens (tertiary/aromatic N) is 2. The number of carbonyl (C=O) groups is 2. The molecular formula is C41H74N2O15. The van der Waals surface area contributed by atoms with Crippen LogP contribution in [-0.2, 0) is 52.3 Å². The van der Waals surface area contributed by atoms with Crippen LogP contribution in [0, 0.1) is 23.7 Å². The van der Waals surface area contributed by atoms with Crippen molar-refractivity contribution in [2.75, 3.05) is 48.3 Å². The van der Waals surface area contributed by atoms with Crippen molar-refractivity contribution in [1.29, 1.82) is 0 Å². The Hall–Kier alpha value is -1.87. The second kappa shape index (κ2) is 21.3. The summed E-state index contributed by atoms with van der Waals surface area (Å²) in [5.41, 5.74) is -4.83. The molecule has 0 aromatic rings. The molecule has 0 spiro atoms. The van der Waals surface area contributed by atoms with E-state index in [0.717, 1.165) is 0 Å². The number of Topliss-reactive ketones (excluding diaryl/α,β-unsaturated/α-hetero) is 1. The van der Waals surface area contributed by atoms with Crippen LogP contribution in [0.3, 0.4) is 0 Å².